The number of ether oxygens (including phenoxy) is 2. The van der Waals surface area contributed by atoms with Gasteiger partial charge in [-0.1, -0.05) is 23.7 Å². The summed E-state index contributed by atoms with van der Waals surface area (Å²) in [5.74, 6) is 0.542. The summed E-state index contributed by atoms with van der Waals surface area (Å²) in [7, 11) is 2.88. The Morgan fingerprint density at radius 1 is 1.13 bits per heavy atom. The maximum Gasteiger partial charge on any atom is 0.135 e. The van der Waals surface area contributed by atoms with Crippen molar-refractivity contribution in [3.63, 3.8) is 0 Å². The predicted octanol–water partition coefficient (Wildman–Crippen LogP) is 4.42. The van der Waals surface area contributed by atoms with Crippen molar-refractivity contribution in [2.45, 2.75) is 5.75 Å². The van der Waals surface area contributed by atoms with Crippen molar-refractivity contribution in [1.82, 2.24) is 0 Å². The van der Waals surface area contributed by atoms with Crippen molar-refractivity contribution in [2.75, 3.05) is 14.2 Å². The van der Waals surface area contributed by atoms with E-state index < -0.39 is 17.0 Å². The molecule has 0 saturated heterocycles. The van der Waals surface area contributed by atoms with Crippen LogP contribution in [0.15, 0.2) is 41.8 Å². The highest BCUT2D eigenvalue weighted by Crippen LogP contribution is 2.31. The summed E-state index contributed by atoms with van der Waals surface area (Å²) in [6, 6.07) is 9.67. The zero-order chi connectivity index (χ0) is 16.8. The second-order valence-corrected chi connectivity index (χ2v) is 6.44. The molecule has 0 aliphatic heterocycles. The standard InChI is InChI=1S/C17H16ClFO3S/c1-21-16-9-14(19)10-17(22-2)15(16)7-8-23(20)11-12-3-5-13(18)6-4-12/h3-10H,11H2,1-2H3. The number of rotatable bonds is 6. The van der Waals surface area contributed by atoms with E-state index in [0.717, 1.165) is 5.56 Å². The molecule has 0 aromatic heterocycles. The lowest BCUT2D eigenvalue weighted by molar-refractivity contribution is 0.387. The molecule has 0 fully saturated rings. The molecule has 122 valence electrons. The molecule has 0 N–H and O–H groups in total. The van der Waals surface area contributed by atoms with Gasteiger partial charge in [0.2, 0.25) is 0 Å². The van der Waals surface area contributed by atoms with E-state index in [1.807, 2.05) is 12.1 Å². The van der Waals surface area contributed by atoms with E-state index in [1.165, 1.54) is 31.8 Å². The molecule has 1 atom stereocenters. The molecule has 0 bridgehead atoms. The fourth-order valence-corrected chi connectivity index (χ4v) is 3.04. The topological polar surface area (TPSA) is 41.5 Å². The first-order valence-corrected chi connectivity index (χ1v) is 8.51. The van der Waals surface area contributed by atoms with Gasteiger partial charge in [-0.15, -0.1) is 0 Å². The van der Waals surface area contributed by atoms with Crippen LogP contribution >= 0.6 is 11.6 Å². The summed E-state index contributed by atoms with van der Waals surface area (Å²) >= 11 is 4.59. The van der Waals surface area contributed by atoms with E-state index >= 15 is 0 Å². The second kappa shape index (κ2) is 8.24. The predicted molar refractivity (Wildman–Crippen MR) is 91.8 cm³/mol. The molecule has 0 spiro atoms. The normalized spacial score (nSPS) is 12.4. The van der Waals surface area contributed by atoms with Gasteiger partial charge in [0.1, 0.15) is 28.5 Å². The van der Waals surface area contributed by atoms with E-state index in [2.05, 4.69) is 0 Å². The van der Waals surface area contributed by atoms with E-state index in [9.17, 15) is 8.94 Å². The number of hydrogen-bond donors (Lipinski definition) is 0. The summed E-state index contributed by atoms with van der Waals surface area (Å²) in [4.78, 5) is 0. The van der Waals surface area contributed by atoms with Gasteiger partial charge in [0, 0.05) is 28.8 Å². The number of methoxy groups -OCH3 is 2. The first-order valence-electron chi connectivity index (χ1n) is 6.75. The lowest BCUT2D eigenvalue weighted by Crippen LogP contribution is -2.00. The maximum absolute atomic E-state index is 13.4. The van der Waals surface area contributed by atoms with Gasteiger partial charge in [0.15, 0.2) is 0 Å². The minimum Gasteiger partial charge on any atom is -0.612 e. The first kappa shape index (κ1) is 17.7. The molecule has 0 heterocycles. The molecular weight excluding hydrogens is 339 g/mol. The molecule has 2 aromatic carbocycles. The minimum atomic E-state index is -1.23. The summed E-state index contributed by atoms with van der Waals surface area (Å²) in [5.41, 5.74) is 1.45. The lowest BCUT2D eigenvalue weighted by Gasteiger charge is -2.11. The highest BCUT2D eigenvalue weighted by Gasteiger charge is 2.12. The van der Waals surface area contributed by atoms with Crippen LogP contribution in [-0.4, -0.2) is 18.8 Å². The molecule has 2 rings (SSSR count). The largest absolute Gasteiger partial charge is 0.612 e. The van der Waals surface area contributed by atoms with Crippen LogP contribution in [0.2, 0.25) is 5.02 Å². The fraction of sp³-hybridized carbons (Fsp3) is 0.176. The molecule has 2 aromatic rings. The van der Waals surface area contributed by atoms with Gasteiger partial charge in [-0.25, -0.2) is 4.39 Å². The van der Waals surface area contributed by atoms with Gasteiger partial charge in [0.25, 0.3) is 0 Å². The van der Waals surface area contributed by atoms with Crippen molar-refractivity contribution < 1.29 is 18.4 Å². The summed E-state index contributed by atoms with van der Waals surface area (Å²) in [5, 5.41) is 2.17. The lowest BCUT2D eigenvalue weighted by atomic mass is 10.1. The van der Waals surface area contributed by atoms with Gasteiger partial charge >= 0.3 is 0 Å². The van der Waals surface area contributed by atoms with E-state index in [4.69, 9.17) is 21.1 Å². The van der Waals surface area contributed by atoms with E-state index in [1.54, 1.807) is 18.2 Å². The third kappa shape index (κ3) is 4.89. The van der Waals surface area contributed by atoms with Crippen molar-refractivity contribution >= 4 is 28.9 Å². The van der Waals surface area contributed by atoms with Gasteiger partial charge in [-0.05, 0) is 23.3 Å². The Labute approximate surface area is 142 Å². The van der Waals surface area contributed by atoms with Crippen LogP contribution in [-0.2, 0) is 16.9 Å². The molecule has 0 aliphatic carbocycles. The fourth-order valence-electron chi connectivity index (χ4n) is 2.01. The quantitative estimate of drug-likeness (QED) is 0.721. The molecule has 0 saturated carbocycles. The van der Waals surface area contributed by atoms with Gasteiger partial charge in [0.05, 0.1) is 19.8 Å². The third-order valence-electron chi connectivity index (χ3n) is 3.12. The van der Waals surface area contributed by atoms with Crippen molar-refractivity contribution in [3.8, 4) is 11.5 Å². The number of benzene rings is 2. The Bertz CT molecular complexity index is 664. The highest BCUT2D eigenvalue weighted by atomic mass is 35.5. The molecule has 6 heteroatoms. The van der Waals surface area contributed by atoms with Gasteiger partial charge in [-0.3, -0.25) is 0 Å². The monoisotopic (exact) mass is 354 g/mol. The van der Waals surface area contributed by atoms with E-state index in [-0.39, 0.29) is 0 Å². The average Bonchev–Trinajstić information content (AvgIpc) is 2.54. The van der Waals surface area contributed by atoms with Crippen molar-refractivity contribution in [3.05, 3.63) is 63.8 Å². The van der Waals surface area contributed by atoms with Crippen LogP contribution in [0.4, 0.5) is 4.39 Å². The Morgan fingerprint density at radius 2 is 1.70 bits per heavy atom. The van der Waals surface area contributed by atoms with Crippen LogP contribution in [0, 0.1) is 5.82 Å². The third-order valence-corrected chi connectivity index (χ3v) is 4.43. The van der Waals surface area contributed by atoms with Crippen LogP contribution in [0.5, 0.6) is 11.5 Å². The van der Waals surface area contributed by atoms with Crippen LogP contribution in [0.3, 0.4) is 0 Å². The zero-order valence-corrected chi connectivity index (χ0v) is 14.3. The molecule has 0 aliphatic rings. The molecule has 0 radical (unpaired) electrons. The van der Waals surface area contributed by atoms with Crippen LogP contribution in [0.1, 0.15) is 11.1 Å². The highest BCUT2D eigenvalue weighted by molar-refractivity contribution is 7.93. The maximum atomic E-state index is 13.4. The molecule has 23 heavy (non-hydrogen) atoms. The molecule has 1 unspecified atom stereocenters. The summed E-state index contributed by atoms with van der Waals surface area (Å²) < 4.78 is 35.9. The Hall–Kier alpha value is -1.69. The SMILES string of the molecule is COc1cc(F)cc(OC)c1C=C[S+]([O-])Cc1ccc(Cl)cc1. The molecule has 0 amide bonds. The summed E-state index contributed by atoms with van der Waals surface area (Å²) in [6.07, 6.45) is 1.61. The van der Waals surface area contributed by atoms with E-state index in [0.29, 0.717) is 27.8 Å². The molecule has 3 nitrogen and oxygen atoms in total. The van der Waals surface area contributed by atoms with Crippen molar-refractivity contribution in [1.29, 1.82) is 0 Å². The first-order chi connectivity index (χ1) is 11.0. The van der Waals surface area contributed by atoms with Crippen LogP contribution < -0.4 is 9.47 Å². The second-order valence-electron chi connectivity index (χ2n) is 4.68. The van der Waals surface area contributed by atoms with Gasteiger partial charge < -0.3 is 14.0 Å². The number of halogens is 2. The van der Waals surface area contributed by atoms with Gasteiger partial charge in [-0.2, -0.15) is 0 Å². The average molecular weight is 355 g/mol. The number of hydrogen-bond acceptors (Lipinski definition) is 3. The molecular formula is C17H16ClFO3S. The summed E-state index contributed by atoms with van der Waals surface area (Å²) in [6.45, 7) is 0. The van der Waals surface area contributed by atoms with Crippen molar-refractivity contribution in [2.24, 2.45) is 0 Å². The van der Waals surface area contributed by atoms with Crippen LogP contribution in [0.25, 0.3) is 6.08 Å². The Balaban J connectivity index is 2.17. The Kier molecular flexibility index (Phi) is 6.33. The Morgan fingerprint density at radius 3 is 2.22 bits per heavy atom. The smallest absolute Gasteiger partial charge is 0.135 e. The zero-order valence-electron chi connectivity index (χ0n) is 12.7. The minimum absolute atomic E-state index is 0.321.